The van der Waals surface area contributed by atoms with Gasteiger partial charge in [0.2, 0.25) is 5.89 Å². The summed E-state index contributed by atoms with van der Waals surface area (Å²) in [5.41, 5.74) is 2.03. The lowest BCUT2D eigenvalue weighted by molar-refractivity contribution is 0.456. The van der Waals surface area contributed by atoms with E-state index in [4.69, 9.17) is 4.42 Å². The molecule has 2 heterocycles. The summed E-state index contributed by atoms with van der Waals surface area (Å²) < 4.78 is 7.53. The molecule has 4 rings (SSSR count). The summed E-state index contributed by atoms with van der Waals surface area (Å²) in [4.78, 5) is 0. The van der Waals surface area contributed by atoms with Gasteiger partial charge in [-0.05, 0) is 18.4 Å². The Bertz CT molecular complexity index is 775. The molecular formula is C17H20N6O. The van der Waals surface area contributed by atoms with Crippen molar-refractivity contribution in [1.82, 2.24) is 25.2 Å². The van der Waals surface area contributed by atoms with E-state index in [0.29, 0.717) is 25.0 Å². The summed E-state index contributed by atoms with van der Waals surface area (Å²) in [6, 6.07) is 10.6. The number of anilines is 1. The molecule has 2 aromatic heterocycles. The highest BCUT2D eigenvalue weighted by Gasteiger charge is 2.22. The van der Waals surface area contributed by atoms with Gasteiger partial charge >= 0.3 is 6.01 Å². The lowest BCUT2D eigenvalue weighted by Gasteiger charge is -2.01. The van der Waals surface area contributed by atoms with E-state index in [-0.39, 0.29) is 0 Å². The van der Waals surface area contributed by atoms with Crippen LogP contribution in [0.4, 0.5) is 6.01 Å². The fourth-order valence-corrected chi connectivity index (χ4v) is 3.08. The topological polar surface area (TPSA) is 81.7 Å². The first-order valence-corrected chi connectivity index (χ1v) is 8.37. The quantitative estimate of drug-likeness (QED) is 0.750. The molecule has 1 aliphatic carbocycles. The van der Waals surface area contributed by atoms with Gasteiger partial charge in [0.15, 0.2) is 0 Å². The minimum absolute atomic E-state index is 0.430. The Kier molecular flexibility index (Phi) is 4.22. The molecule has 3 aromatic rings. The molecule has 7 heteroatoms. The van der Waals surface area contributed by atoms with E-state index in [1.165, 1.54) is 18.4 Å². The molecule has 1 aromatic carbocycles. The SMILES string of the molecule is c1ccc(Cn2cc(CNc3nnc(C4CCCC4)o3)nn2)cc1. The van der Waals surface area contributed by atoms with Crippen molar-refractivity contribution in [2.45, 2.75) is 44.7 Å². The third-order valence-corrected chi connectivity index (χ3v) is 4.34. The lowest BCUT2D eigenvalue weighted by Crippen LogP contribution is -2.00. The molecule has 124 valence electrons. The molecule has 1 fully saturated rings. The maximum Gasteiger partial charge on any atom is 0.315 e. The molecule has 24 heavy (non-hydrogen) atoms. The summed E-state index contributed by atoms with van der Waals surface area (Å²) in [5, 5.41) is 19.7. The van der Waals surface area contributed by atoms with Crippen molar-refractivity contribution in [2.75, 3.05) is 5.32 Å². The summed E-state index contributed by atoms with van der Waals surface area (Å²) in [5.74, 6) is 1.18. The number of hydrogen-bond donors (Lipinski definition) is 1. The predicted octanol–water partition coefficient (Wildman–Crippen LogP) is 2.98. The Labute approximate surface area is 140 Å². The first kappa shape index (κ1) is 14.9. The second kappa shape index (κ2) is 6.82. The van der Waals surface area contributed by atoms with Crippen molar-refractivity contribution in [3.63, 3.8) is 0 Å². The molecule has 0 unspecified atom stereocenters. The van der Waals surface area contributed by atoms with Gasteiger partial charge in [0, 0.05) is 5.92 Å². The van der Waals surface area contributed by atoms with Crippen LogP contribution >= 0.6 is 0 Å². The largest absolute Gasteiger partial charge is 0.408 e. The van der Waals surface area contributed by atoms with E-state index in [1.54, 1.807) is 0 Å². The number of rotatable bonds is 6. The third-order valence-electron chi connectivity index (χ3n) is 4.34. The molecule has 0 aliphatic heterocycles. The van der Waals surface area contributed by atoms with Crippen molar-refractivity contribution < 1.29 is 4.42 Å². The van der Waals surface area contributed by atoms with E-state index in [0.717, 1.165) is 24.4 Å². The average Bonchev–Trinajstić information content (AvgIpc) is 3.35. The second-order valence-electron chi connectivity index (χ2n) is 6.17. The Hall–Kier alpha value is -2.70. The molecule has 1 N–H and O–H groups in total. The van der Waals surface area contributed by atoms with Gasteiger partial charge in [0.05, 0.1) is 19.3 Å². The van der Waals surface area contributed by atoms with E-state index < -0.39 is 0 Å². The number of aromatic nitrogens is 5. The van der Waals surface area contributed by atoms with Gasteiger partial charge < -0.3 is 9.73 Å². The molecule has 0 atom stereocenters. The zero-order chi connectivity index (χ0) is 16.2. The normalized spacial score (nSPS) is 15.0. The van der Waals surface area contributed by atoms with Gasteiger partial charge in [0.25, 0.3) is 0 Å². The van der Waals surface area contributed by atoms with Gasteiger partial charge in [-0.2, -0.15) is 0 Å². The Morgan fingerprint density at radius 2 is 1.92 bits per heavy atom. The average molecular weight is 324 g/mol. The Morgan fingerprint density at radius 3 is 2.75 bits per heavy atom. The van der Waals surface area contributed by atoms with Gasteiger partial charge in [-0.15, -0.1) is 10.2 Å². The van der Waals surface area contributed by atoms with E-state index in [2.05, 4.69) is 38.0 Å². The van der Waals surface area contributed by atoms with Crippen molar-refractivity contribution in [3.05, 3.63) is 53.7 Å². The molecule has 0 radical (unpaired) electrons. The van der Waals surface area contributed by atoms with Gasteiger partial charge in [-0.3, -0.25) is 0 Å². The first-order chi connectivity index (χ1) is 11.9. The van der Waals surface area contributed by atoms with Crippen molar-refractivity contribution in [2.24, 2.45) is 0 Å². The Balaban J connectivity index is 1.33. The minimum Gasteiger partial charge on any atom is -0.408 e. The standard InChI is InChI=1S/C17H20N6O/c1-2-6-13(7-3-1)11-23-12-15(19-22-23)10-18-17-21-20-16(24-17)14-8-4-5-9-14/h1-3,6-7,12,14H,4-5,8-11H2,(H,18,21). The summed E-state index contributed by atoms with van der Waals surface area (Å²) >= 11 is 0. The van der Waals surface area contributed by atoms with Gasteiger partial charge in [0.1, 0.15) is 5.69 Å². The van der Waals surface area contributed by atoms with Crippen LogP contribution in [0.15, 0.2) is 40.9 Å². The molecule has 0 saturated heterocycles. The molecule has 0 bridgehead atoms. The predicted molar refractivity (Wildman–Crippen MR) is 88.4 cm³/mol. The number of benzene rings is 1. The van der Waals surface area contributed by atoms with E-state index in [1.807, 2.05) is 29.1 Å². The van der Waals surface area contributed by atoms with Crippen molar-refractivity contribution >= 4 is 6.01 Å². The highest BCUT2D eigenvalue weighted by Crippen LogP contribution is 2.33. The van der Waals surface area contributed by atoms with E-state index in [9.17, 15) is 0 Å². The Morgan fingerprint density at radius 1 is 1.08 bits per heavy atom. The maximum atomic E-state index is 5.70. The van der Waals surface area contributed by atoms with E-state index >= 15 is 0 Å². The van der Waals surface area contributed by atoms with Crippen molar-refractivity contribution in [1.29, 1.82) is 0 Å². The van der Waals surface area contributed by atoms with Crippen LogP contribution in [0.25, 0.3) is 0 Å². The lowest BCUT2D eigenvalue weighted by atomic mass is 10.1. The smallest absolute Gasteiger partial charge is 0.315 e. The van der Waals surface area contributed by atoms with Crippen LogP contribution in [0.1, 0.15) is 48.7 Å². The fraction of sp³-hybridized carbons (Fsp3) is 0.412. The molecule has 1 saturated carbocycles. The van der Waals surface area contributed by atoms with Crippen LogP contribution in [0, 0.1) is 0 Å². The molecule has 0 spiro atoms. The highest BCUT2D eigenvalue weighted by atomic mass is 16.4. The van der Waals surface area contributed by atoms with Crippen LogP contribution in [0.3, 0.4) is 0 Å². The summed E-state index contributed by atoms with van der Waals surface area (Å²) in [7, 11) is 0. The summed E-state index contributed by atoms with van der Waals surface area (Å²) in [6.45, 7) is 1.22. The summed E-state index contributed by atoms with van der Waals surface area (Å²) in [6.07, 6.45) is 6.72. The minimum atomic E-state index is 0.430. The van der Waals surface area contributed by atoms with Crippen LogP contribution in [-0.2, 0) is 13.1 Å². The highest BCUT2D eigenvalue weighted by molar-refractivity contribution is 5.20. The third kappa shape index (κ3) is 3.45. The van der Waals surface area contributed by atoms with Crippen LogP contribution in [-0.4, -0.2) is 25.2 Å². The second-order valence-corrected chi connectivity index (χ2v) is 6.17. The van der Waals surface area contributed by atoms with Crippen LogP contribution in [0.5, 0.6) is 0 Å². The molecule has 1 aliphatic rings. The zero-order valence-corrected chi connectivity index (χ0v) is 13.4. The van der Waals surface area contributed by atoms with Crippen molar-refractivity contribution in [3.8, 4) is 0 Å². The number of hydrogen-bond acceptors (Lipinski definition) is 6. The molecular weight excluding hydrogens is 304 g/mol. The molecule has 0 amide bonds. The van der Waals surface area contributed by atoms with Crippen LogP contribution < -0.4 is 5.32 Å². The number of nitrogens with zero attached hydrogens (tertiary/aromatic N) is 5. The van der Waals surface area contributed by atoms with Gasteiger partial charge in [-0.1, -0.05) is 53.5 Å². The maximum absolute atomic E-state index is 5.70. The molecule has 7 nitrogen and oxygen atoms in total. The first-order valence-electron chi connectivity index (χ1n) is 8.37. The van der Waals surface area contributed by atoms with Crippen LogP contribution in [0.2, 0.25) is 0 Å². The zero-order valence-electron chi connectivity index (χ0n) is 13.4. The fourth-order valence-electron chi connectivity index (χ4n) is 3.08. The monoisotopic (exact) mass is 324 g/mol. The number of nitrogens with one attached hydrogen (secondary N) is 1. The van der Waals surface area contributed by atoms with Gasteiger partial charge in [-0.25, -0.2) is 4.68 Å².